The zero-order valence-electron chi connectivity index (χ0n) is 20.2. The molecule has 1 amide bonds. The highest BCUT2D eigenvalue weighted by Gasteiger charge is 2.24. The number of nitrogens with zero attached hydrogens (tertiary/aromatic N) is 3. The molecular weight excluding hydrogens is 539 g/mol. The second-order valence-electron chi connectivity index (χ2n) is 8.32. The number of sulfonamides is 1. The largest absolute Gasteiger partial charge is 0.494 e. The van der Waals surface area contributed by atoms with Gasteiger partial charge in [0.1, 0.15) is 17.1 Å². The first-order valence-corrected chi connectivity index (χ1v) is 13.7. The maximum Gasteiger partial charge on any atom is 0.261 e. The number of nitrogens with one attached hydrogen (secondary N) is 1. The van der Waals surface area contributed by atoms with Crippen molar-refractivity contribution in [2.75, 3.05) is 43.9 Å². The molecule has 194 valence electrons. The van der Waals surface area contributed by atoms with Crippen LogP contribution in [0.5, 0.6) is 5.75 Å². The van der Waals surface area contributed by atoms with Crippen molar-refractivity contribution in [3.05, 3.63) is 77.1 Å². The minimum atomic E-state index is -3.98. The monoisotopic (exact) mass is 562 g/mol. The summed E-state index contributed by atoms with van der Waals surface area (Å²) in [4.78, 5) is 21.7. The first-order valence-electron chi connectivity index (χ1n) is 11.1. The van der Waals surface area contributed by atoms with Crippen LogP contribution in [-0.2, 0) is 10.0 Å². The normalized spacial score (nSPS) is 11.6. The van der Waals surface area contributed by atoms with Crippen LogP contribution in [0.15, 0.2) is 65.6 Å². The average molecular weight is 563 g/mol. The molecule has 1 heterocycles. The van der Waals surface area contributed by atoms with Gasteiger partial charge in [-0.3, -0.25) is 14.4 Å². The fourth-order valence-electron chi connectivity index (χ4n) is 3.50. The van der Waals surface area contributed by atoms with Crippen molar-refractivity contribution in [2.24, 2.45) is 0 Å². The molecule has 0 radical (unpaired) electrons. The van der Waals surface area contributed by atoms with Crippen molar-refractivity contribution < 1.29 is 22.3 Å². The van der Waals surface area contributed by atoms with Crippen molar-refractivity contribution in [1.29, 1.82) is 0 Å². The standard InChI is InChI=1S/C25H24ClFN4O4S2/c1-30(2)13-14-31(25-28-22-21(35-3)12-11-20(26)23(22)36-25)24(32)16-5-4-6-18(15-16)29-37(33,34)19-9-7-17(27)8-10-19/h4-12,15,29H,13-14H2,1-3H3. The molecule has 4 rings (SSSR count). The molecule has 3 aromatic carbocycles. The summed E-state index contributed by atoms with van der Waals surface area (Å²) in [5.41, 5.74) is 1.01. The van der Waals surface area contributed by atoms with E-state index >= 15 is 0 Å². The van der Waals surface area contributed by atoms with Gasteiger partial charge < -0.3 is 9.64 Å². The van der Waals surface area contributed by atoms with Crippen LogP contribution in [-0.4, -0.2) is 58.5 Å². The molecule has 0 aliphatic carbocycles. The van der Waals surface area contributed by atoms with Gasteiger partial charge in [-0.05, 0) is 68.7 Å². The smallest absolute Gasteiger partial charge is 0.261 e. The van der Waals surface area contributed by atoms with Gasteiger partial charge in [0.2, 0.25) is 0 Å². The lowest BCUT2D eigenvalue weighted by atomic mass is 10.2. The number of anilines is 2. The van der Waals surface area contributed by atoms with E-state index < -0.39 is 15.8 Å². The van der Waals surface area contributed by atoms with Crippen LogP contribution in [0.2, 0.25) is 5.02 Å². The lowest BCUT2D eigenvalue weighted by Crippen LogP contribution is -2.36. The molecule has 0 unspecified atom stereocenters. The van der Waals surface area contributed by atoms with E-state index in [0.717, 1.165) is 12.1 Å². The Morgan fingerprint density at radius 2 is 1.84 bits per heavy atom. The van der Waals surface area contributed by atoms with Crippen molar-refractivity contribution in [2.45, 2.75) is 4.90 Å². The molecule has 0 atom stereocenters. The van der Waals surface area contributed by atoms with Gasteiger partial charge in [0, 0.05) is 24.3 Å². The third kappa shape index (κ3) is 6.02. The number of halogens is 2. The lowest BCUT2D eigenvalue weighted by molar-refractivity contribution is 0.0985. The molecule has 0 aliphatic heterocycles. The van der Waals surface area contributed by atoms with Crippen LogP contribution < -0.4 is 14.4 Å². The van der Waals surface area contributed by atoms with Gasteiger partial charge in [0.05, 0.1) is 21.7 Å². The number of likely N-dealkylation sites (N-methyl/N-ethyl adjacent to an activating group) is 1. The third-order valence-electron chi connectivity index (χ3n) is 5.40. The SMILES string of the molecule is COc1ccc(Cl)c2sc(N(CCN(C)C)C(=O)c3cccc(NS(=O)(=O)c4ccc(F)cc4)c3)nc12. The van der Waals surface area contributed by atoms with Crippen LogP contribution in [0.3, 0.4) is 0 Å². The molecule has 8 nitrogen and oxygen atoms in total. The van der Waals surface area contributed by atoms with Crippen molar-refractivity contribution in [1.82, 2.24) is 9.88 Å². The third-order valence-corrected chi connectivity index (χ3v) is 8.34. The Balaban J connectivity index is 1.68. The molecule has 1 N–H and O–H groups in total. The van der Waals surface area contributed by atoms with Crippen LogP contribution >= 0.6 is 22.9 Å². The zero-order valence-corrected chi connectivity index (χ0v) is 22.6. The van der Waals surface area contributed by atoms with E-state index in [1.807, 2.05) is 19.0 Å². The van der Waals surface area contributed by atoms with Gasteiger partial charge >= 0.3 is 0 Å². The molecule has 0 saturated heterocycles. The van der Waals surface area contributed by atoms with Gasteiger partial charge in [-0.15, -0.1) is 0 Å². The number of ether oxygens (including phenoxy) is 1. The number of methoxy groups -OCH3 is 1. The first-order chi connectivity index (χ1) is 17.6. The average Bonchev–Trinajstić information content (AvgIpc) is 3.30. The van der Waals surface area contributed by atoms with Crippen molar-refractivity contribution in [3.63, 3.8) is 0 Å². The fraction of sp³-hybridized carbons (Fsp3) is 0.200. The molecule has 0 spiro atoms. The summed E-state index contributed by atoms with van der Waals surface area (Å²) in [6, 6.07) is 14.1. The molecule has 4 aromatic rings. The summed E-state index contributed by atoms with van der Waals surface area (Å²) < 4.78 is 47.3. The van der Waals surface area contributed by atoms with E-state index in [1.165, 1.54) is 47.6 Å². The quantitative estimate of drug-likeness (QED) is 0.305. The Labute approximate surface area is 223 Å². The van der Waals surface area contributed by atoms with Crippen molar-refractivity contribution >= 4 is 59.9 Å². The Morgan fingerprint density at radius 1 is 1.11 bits per heavy atom. The number of rotatable bonds is 9. The number of aromatic nitrogens is 1. The van der Waals surface area contributed by atoms with Crippen molar-refractivity contribution in [3.8, 4) is 5.75 Å². The van der Waals surface area contributed by atoms with Gasteiger partial charge in [-0.25, -0.2) is 17.8 Å². The second-order valence-corrected chi connectivity index (χ2v) is 11.4. The highest BCUT2D eigenvalue weighted by atomic mass is 35.5. The Bertz CT molecular complexity index is 1540. The summed E-state index contributed by atoms with van der Waals surface area (Å²) in [6.07, 6.45) is 0. The Hall–Kier alpha value is -3.25. The van der Waals surface area contributed by atoms with Gasteiger partial charge in [0.15, 0.2) is 5.13 Å². The maximum atomic E-state index is 13.7. The predicted octanol–water partition coefficient (Wildman–Crippen LogP) is 5.11. The number of thiazole rings is 1. The predicted molar refractivity (Wildman–Crippen MR) is 145 cm³/mol. The van der Waals surface area contributed by atoms with E-state index in [4.69, 9.17) is 16.3 Å². The second kappa shape index (κ2) is 11.0. The molecule has 12 heteroatoms. The zero-order chi connectivity index (χ0) is 26.7. The van der Waals surface area contributed by atoms with E-state index in [9.17, 15) is 17.6 Å². The first kappa shape index (κ1) is 26.8. The van der Waals surface area contributed by atoms with Crippen LogP contribution in [0.25, 0.3) is 10.2 Å². The van der Waals surface area contributed by atoms with E-state index in [1.54, 1.807) is 24.3 Å². The molecule has 1 aromatic heterocycles. The molecule has 0 bridgehead atoms. The van der Waals surface area contributed by atoms with Gasteiger partial charge in [-0.2, -0.15) is 0 Å². The van der Waals surface area contributed by atoms with Gasteiger partial charge in [0.25, 0.3) is 15.9 Å². The van der Waals surface area contributed by atoms with E-state index in [-0.39, 0.29) is 22.1 Å². The number of benzene rings is 3. The van der Waals surface area contributed by atoms with E-state index in [0.29, 0.717) is 39.2 Å². The summed E-state index contributed by atoms with van der Waals surface area (Å²) >= 11 is 7.66. The van der Waals surface area contributed by atoms with Crippen LogP contribution in [0, 0.1) is 5.82 Å². The molecule has 0 saturated carbocycles. The number of fused-ring (bicyclic) bond motifs is 1. The fourth-order valence-corrected chi connectivity index (χ4v) is 5.83. The highest BCUT2D eigenvalue weighted by molar-refractivity contribution is 7.92. The number of amides is 1. The minimum Gasteiger partial charge on any atom is -0.494 e. The molecule has 37 heavy (non-hydrogen) atoms. The molecular formula is C25H24ClFN4O4S2. The molecule has 0 aliphatic rings. The summed E-state index contributed by atoms with van der Waals surface area (Å²) in [6.45, 7) is 0.889. The number of hydrogen-bond donors (Lipinski definition) is 1. The summed E-state index contributed by atoms with van der Waals surface area (Å²) in [7, 11) is 1.34. The Kier molecular flexibility index (Phi) is 7.98. The topological polar surface area (TPSA) is 91.8 Å². The number of carbonyl (C=O) groups is 1. The summed E-state index contributed by atoms with van der Waals surface area (Å²) in [5.74, 6) is -0.365. The lowest BCUT2D eigenvalue weighted by Gasteiger charge is -2.22. The number of carbonyl (C=O) groups excluding carboxylic acids is 1. The van der Waals surface area contributed by atoms with Crippen LogP contribution in [0.4, 0.5) is 15.2 Å². The Morgan fingerprint density at radius 3 is 2.51 bits per heavy atom. The highest BCUT2D eigenvalue weighted by Crippen LogP contribution is 2.39. The molecule has 0 fully saturated rings. The van der Waals surface area contributed by atoms with Gasteiger partial charge in [-0.1, -0.05) is 29.0 Å². The van der Waals surface area contributed by atoms with E-state index in [2.05, 4.69) is 9.71 Å². The maximum absolute atomic E-state index is 13.7. The van der Waals surface area contributed by atoms with Crippen LogP contribution in [0.1, 0.15) is 10.4 Å². The number of hydrogen-bond acceptors (Lipinski definition) is 7. The summed E-state index contributed by atoms with van der Waals surface area (Å²) in [5, 5.41) is 0.933. The minimum absolute atomic E-state index is 0.0986.